The fourth-order valence-corrected chi connectivity index (χ4v) is 2.21. The zero-order valence-electron chi connectivity index (χ0n) is 8.75. The number of ether oxygens (including phenoxy) is 1. The van der Waals surface area contributed by atoms with Crippen molar-refractivity contribution in [3.8, 4) is 0 Å². The van der Waals surface area contributed by atoms with E-state index in [-0.39, 0.29) is 12.4 Å². The van der Waals surface area contributed by atoms with Gasteiger partial charge >= 0.3 is 5.95 Å². The number of fused-ring (bicyclic) bond motifs is 3. The molecule has 8 heteroatoms. The lowest BCUT2D eigenvalue weighted by atomic mass is 10.1. The molecule has 2 aliphatic rings. The summed E-state index contributed by atoms with van der Waals surface area (Å²) in [5, 5.41) is 21.8. The molecule has 4 atom stereocenters. The minimum atomic E-state index is -0.879. The molecular formula is C9H12FN4O3+. The molecule has 0 unspecified atom stereocenters. The first-order valence-electron chi connectivity index (χ1n) is 5.20. The van der Waals surface area contributed by atoms with Crippen LogP contribution in [0.5, 0.6) is 0 Å². The molecule has 0 saturated carbocycles. The summed E-state index contributed by atoms with van der Waals surface area (Å²) in [7, 11) is 0. The van der Waals surface area contributed by atoms with Gasteiger partial charge in [-0.05, 0) is 0 Å². The number of nitrogens with zero attached hydrogens (tertiary/aromatic N) is 2. The monoisotopic (exact) mass is 243 g/mol. The lowest BCUT2D eigenvalue weighted by Gasteiger charge is -2.11. The van der Waals surface area contributed by atoms with E-state index in [1.165, 1.54) is 10.8 Å². The van der Waals surface area contributed by atoms with Crippen LogP contribution in [-0.2, 0) is 4.74 Å². The number of halogens is 1. The maximum absolute atomic E-state index is 13.3. The van der Waals surface area contributed by atoms with Crippen molar-refractivity contribution in [3.05, 3.63) is 12.0 Å². The Kier molecular flexibility index (Phi) is 2.18. The summed E-state index contributed by atoms with van der Waals surface area (Å²) in [5.41, 5.74) is 5.35. The number of nitrogen functional groups attached to an aromatic ring is 1. The van der Waals surface area contributed by atoms with Crippen LogP contribution in [0.4, 0.5) is 16.2 Å². The molecule has 0 aliphatic carbocycles. The molecule has 0 radical (unpaired) electrons. The van der Waals surface area contributed by atoms with Crippen molar-refractivity contribution in [3.63, 3.8) is 0 Å². The van der Waals surface area contributed by atoms with Gasteiger partial charge in [0, 0.05) is 0 Å². The highest BCUT2D eigenvalue weighted by Crippen LogP contribution is 2.32. The van der Waals surface area contributed by atoms with Gasteiger partial charge in [-0.3, -0.25) is 5.32 Å². The van der Waals surface area contributed by atoms with Crippen molar-refractivity contribution in [2.45, 2.75) is 24.5 Å². The van der Waals surface area contributed by atoms with Crippen LogP contribution in [0.3, 0.4) is 0 Å². The lowest BCUT2D eigenvalue weighted by Crippen LogP contribution is -2.40. The van der Waals surface area contributed by atoms with Gasteiger partial charge in [0.25, 0.3) is 0 Å². The van der Waals surface area contributed by atoms with Gasteiger partial charge in [0.2, 0.25) is 17.9 Å². The molecule has 1 fully saturated rings. The van der Waals surface area contributed by atoms with Gasteiger partial charge in [-0.2, -0.15) is 4.39 Å². The fraction of sp³-hybridized carbons (Fsp3) is 0.556. The number of aliphatic hydroxyl groups is 2. The topological polar surface area (TPSA) is 105 Å². The number of anilines is 2. The first kappa shape index (κ1) is 10.6. The first-order chi connectivity index (χ1) is 8.11. The number of nitrogens with two attached hydrogens (primary N) is 1. The highest BCUT2D eigenvalue weighted by Gasteiger charge is 2.54. The fourth-order valence-electron chi connectivity index (χ4n) is 2.21. The van der Waals surface area contributed by atoms with Crippen molar-refractivity contribution in [2.24, 2.45) is 0 Å². The van der Waals surface area contributed by atoms with Crippen LogP contribution in [0.15, 0.2) is 6.20 Å². The van der Waals surface area contributed by atoms with Crippen LogP contribution in [0.2, 0.25) is 0 Å². The average Bonchev–Trinajstić information content (AvgIpc) is 2.78. The number of hydrogen-bond acceptors (Lipinski definition) is 6. The molecule has 92 valence electrons. The van der Waals surface area contributed by atoms with Gasteiger partial charge in [-0.25, -0.2) is 4.57 Å². The first-order valence-corrected chi connectivity index (χ1v) is 5.20. The minimum Gasteiger partial charge on any atom is -0.394 e. The smallest absolute Gasteiger partial charge is 0.394 e. The summed E-state index contributed by atoms with van der Waals surface area (Å²) in [6.45, 7) is -0.295. The molecule has 7 nitrogen and oxygen atoms in total. The Balaban J connectivity index is 1.99. The van der Waals surface area contributed by atoms with Crippen molar-refractivity contribution >= 4 is 11.8 Å². The third-order valence-electron chi connectivity index (χ3n) is 3.09. The predicted molar refractivity (Wildman–Crippen MR) is 53.2 cm³/mol. The average molecular weight is 243 g/mol. The Morgan fingerprint density at radius 1 is 1.65 bits per heavy atom. The highest BCUT2D eigenvalue weighted by molar-refractivity contribution is 5.35. The van der Waals surface area contributed by atoms with Crippen molar-refractivity contribution in [1.82, 2.24) is 4.98 Å². The van der Waals surface area contributed by atoms with Crippen LogP contribution >= 0.6 is 0 Å². The number of aromatic nitrogens is 2. The van der Waals surface area contributed by atoms with Gasteiger partial charge < -0.3 is 20.7 Å². The zero-order valence-corrected chi connectivity index (χ0v) is 8.75. The molecule has 0 bridgehead atoms. The van der Waals surface area contributed by atoms with Crippen LogP contribution in [-0.4, -0.2) is 40.1 Å². The quantitative estimate of drug-likeness (QED) is 0.431. The second-order valence-corrected chi connectivity index (χ2v) is 4.11. The molecule has 1 aromatic rings. The second-order valence-electron chi connectivity index (χ2n) is 4.11. The number of nitrogens with one attached hydrogen (secondary N) is 1. The van der Waals surface area contributed by atoms with Crippen LogP contribution < -0.4 is 15.6 Å². The molecule has 1 aromatic heterocycles. The van der Waals surface area contributed by atoms with E-state index in [0.717, 1.165) is 0 Å². The molecule has 0 amide bonds. The van der Waals surface area contributed by atoms with E-state index in [1.807, 2.05) is 0 Å². The molecule has 2 aliphatic heterocycles. The SMILES string of the molecule is Nc1nc2[n+](cc1F)[C@@H]1O[C@H](CO)[C@@H](O)[C@@H]1N2. The van der Waals surface area contributed by atoms with Gasteiger partial charge in [-0.1, -0.05) is 4.98 Å². The maximum atomic E-state index is 13.3. The van der Waals surface area contributed by atoms with Crippen LogP contribution in [0.1, 0.15) is 6.23 Å². The molecule has 0 aromatic carbocycles. The van der Waals surface area contributed by atoms with Crippen LogP contribution in [0, 0.1) is 5.82 Å². The Bertz CT molecular complexity index is 472. The summed E-state index contributed by atoms with van der Waals surface area (Å²) >= 11 is 0. The van der Waals surface area contributed by atoms with E-state index in [2.05, 4.69) is 10.3 Å². The summed E-state index contributed by atoms with van der Waals surface area (Å²) < 4.78 is 20.2. The van der Waals surface area contributed by atoms with Crippen molar-refractivity contribution in [2.75, 3.05) is 17.7 Å². The third-order valence-corrected chi connectivity index (χ3v) is 3.09. The molecule has 3 heterocycles. The van der Waals surface area contributed by atoms with Gasteiger partial charge in [0.1, 0.15) is 18.4 Å². The second kappa shape index (κ2) is 3.49. The van der Waals surface area contributed by atoms with E-state index in [1.54, 1.807) is 0 Å². The number of rotatable bonds is 1. The van der Waals surface area contributed by atoms with E-state index in [4.69, 9.17) is 15.6 Å². The lowest BCUT2D eigenvalue weighted by molar-refractivity contribution is -0.740. The Hall–Kier alpha value is -1.51. The van der Waals surface area contributed by atoms with E-state index < -0.39 is 30.3 Å². The third kappa shape index (κ3) is 1.38. The normalized spacial score (nSPS) is 34.3. The highest BCUT2D eigenvalue weighted by atomic mass is 19.1. The summed E-state index contributed by atoms with van der Waals surface area (Å²) in [4.78, 5) is 3.82. The summed E-state index contributed by atoms with van der Waals surface area (Å²) in [6.07, 6.45) is -0.976. The molecule has 5 N–H and O–H groups in total. The Labute approximate surface area is 95.7 Å². The number of hydrogen-bond donors (Lipinski definition) is 4. The molecule has 3 rings (SSSR count). The predicted octanol–water partition coefficient (Wildman–Crippen LogP) is -1.86. The molecule has 17 heavy (non-hydrogen) atoms. The molecule has 0 spiro atoms. The Morgan fingerprint density at radius 3 is 3.12 bits per heavy atom. The van der Waals surface area contributed by atoms with Crippen molar-refractivity contribution < 1.29 is 23.9 Å². The van der Waals surface area contributed by atoms with Gasteiger partial charge in [0.15, 0.2) is 6.04 Å². The Morgan fingerprint density at radius 2 is 2.41 bits per heavy atom. The van der Waals surface area contributed by atoms with Gasteiger partial charge in [-0.15, -0.1) is 0 Å². The van der Waals surface area contributed by atoms with Crippen LogP contribution in [0.25, 0.3) is 0 Å². The van der Waals surface area contributed by atoms with E-state index in [0.29, 0.717) is 5.95 Å². The number of aliphatic hydroxyl groups excluding tert-OH is 2. The van der Waals surface area contributed by atoms with E-state index >= 15 is 0 Å². The van der Waals surface area contributed by atoms with E-state index in [9.17, 15) is 9.50 Å². The zero-order chi connectivity index (χ0) is 12.2. The minimum absolute atomic E-state index is 0.211. The maximum Gasteiger partial charge on any atom is 0.396 e. The van der Waals surface area contributed by atoms with Crippen molar-refractivity contribution in [1.29, 1.82) is 0 Å². The molecule has 1 saturated heterocycles. The standard InChI is InChI=1S/C9H11FN4O3/c10-3-1-14-8-5(6(16)4(2-15)17-8)12-9(14)13-7(3)11/h1,4-6,8,15-16H,2H2,(H2,11,12,13)/p+1/t4-,5+,6-,8-/m1/s1. The largest absolute Gasteiger partial charge is 0.396 e. The molecular weight excluding hydrogens is 231 g/mol. The summed E-state index contributed by atoms with van der Waals surface area (Å²) in [5.74, 6) is -0.520. The van der Waals surface area contributed by atoms with Gasteiger partial charge in [0.05, 0.1) is 6.61 Å². The summed E-state index contributed by atoms with van der Waals surface area (Å²) in [6, 6.07) is -0.458.